The van der Waals surface area contributed by atoms with E-state index in [1.165, 1.54) is 11.3 Å². The number of aromatic nitrogens is 1. The van der Waals surface area contributed by atoms with Gasteiger partial charge in [0.25, 0.3) is 0 Å². The Bertz CT molecular complexity index is 681. The van der Waals surface area contributed by atoms with Crippen molar-refractivity contribution in [2.45, 2.75) is 50.2 Å². The number of sulfone groups is 1. The molecule has 0 N–H and O–H groups in total. The highest BCUT2D eigenvalue weighted by molar-refractivity contribution is 7.93. The lowest BCUT2D eigenvalue weighted by atomic mass is 10.2. The third-order valence-corrected chi connectivity index (χ3v) is 6.20. The number of fused-ring (bicyclic) bond motifs is 1. The van der Waals surface area contributed by atoms with Crippen molar-refractivity contribution in [2.75, 3.05) is 5.75 Å². The minimum Gasteiger partial charge on any atom is -0.372 e. The lowest BCUT2D eigenvalue weighted by Gasteiger charge is -2.26. The van der Waals surface area contributed by atoms with E-state index in [9.17, 15) is 8.42 Å². The molecule has 4 nitrogen and oxygen atoms in total. The van der Waals surface area contributed by atoms with Crippen LogP contribution in [-0.2, 0) is 14.6 Å². The summed E-state index contributed by atoms with van der Waals surface area (Å²) in [6.45, 7) is 7.73. The van der Waals surface area contributed by atoms with Crippen LogP contribution in [0, 0.1) is 0 Å². The van der Waals surface area contributed by atoms with E-state index in [2.05, 4.69) is 4.98 Å². The van der Waals surface area contributed by atoms with Crippen LogP contribution in [0.2, 0.25) is 0 Å². The Morgan fingerprint density at radius 1 is 1.29 bits per heavy atom. The molecule has 116 valence electrons. The third-order valence-electron chi connectivity index (χ3n) is 2.92. The Labute approximate surface area is 130 Å². The summed E-state index contributed by atoms with van der Waals surface area (Å²) in [5.41, 5.74) is 0.370. The molecule has 2 aromatic rings. The number of benzene rings is 1. The summed E-state index contributed by atoms with van der Waals surface area (Å²) in [5, 5.41) is 0. The Kier molecular flexibility index (Phi) is 4.70. The first-order chi connectivity index (χ1) is 9.71. The number of nitrogens with zero attached hydrogens (tertiary/aromatic N) is 1. The molecule has 0 aliphatic rings. The summed E-state index contributed by atoms with van der Waals surface area (Å²) in [4.78, 5) is 4.24. The molecule has 1 aromatic carbocycles. The molecule has 2 rings (SSSR count). The average molecular weight is 327 g/mol. The highest BCUT2D eigenvalue weighted by Gasteiger charge is 2.27. The molecule has 0 fully saturated rings. The number of hydrogen-bond acceptors (Lipinski definition) is 5. The lowest BCUT2D eigenvalue weighted by molar-refractivity contribution is -0.0505. The molecular formula is C15H21NO3S2. The zero-order valence-corrected chi connectivity index (χ0v) is 14.4. The van der Waals surface area contributed by atoms with Gasteiger partial charge in [-0.2, -0.15) is 0 Å². The Morgan fingerprint density at radius 2 is 1.95 bits per heavy atom. The molecule has 0 unspecified atom stereocenters. The van der Waals surface area contributed by atoms with Gasteiger partial charge in [0.15, 0.2) is 0 Å². The van der Waals surface area contributed by atoms with Gasteiger partial charge in [-0.3, -0.25) is 0 Å². The second-order valence-corrected chi connectivity index (χ2v) is 9.23. The maximum Gasteiger partial charge on any atom is 0.210 e. The predicted octanol–water partition coefficient (Wildman–Crippen LogP) is 3.66. The average Bonchev–Trinajstić information content (AvgIpc) is 2.80. The van der Waals surface area contributed by atoms with Gasteiger partial charge in [0.05, 0.1) is 27.7 Å². The number of ether oxygens (including phenoxy) is 1. The second kappa shape index (κ2) is 6.02. The minimum atomic E-state index is -3.42. The topological polar surface area (TPSA) is 56.3 Å². The summed E-state index contributed by atoms with van der Waals surface area (Å²) < 4.78 is 31.9. The van der Waals surface area contributed by atoms with Crippen LogP contribution < -0.4 is 0 Å². The summed E-state index contributed by atoms with van der Waals surface area (Å²) in [7, 11) is -3.42. The molecule has 0 saturated heterocycles. The minimum absolute atomic E-state index is 0.0272. The van der Waals surface area contributed by atoms with E-state index in [4.69, 9.17) is 4.74 Å². The van der Waals surface area contributed by atoms with Crippen molar-refractivity contribution in [1.29, 1.82) is 0 Å². The van der Waals surface area contributed by atoms with E-state index in [1.54, 1.807) is 0 Å². The number of para-hydroxylation sites is 1. The predicted molar refractivity (Wildman–Crippen MR) is 86.6 cm³/mol. The van der Waals surface area contributed by atoms with E-state index in [0.717, 1.165) is 10.2 Å². The first-order valence-electron chi connectivity index (χ1n) is 6.97. The van der Waals surface area contributed by atoms with Crippen molar-refractivity contribution in [3.63, 3.8) is 0 Å². The molecule has 1 atom stereocenters. The van der Waals surface area contributed by atoms with Gasteiger partial charge in [0.2, 0.25) is 14.2 Å². The van der Waals surface area contributed by atoms with Crippen molar-refractivity contribution in [3.05, 3.63) is 24.3 Å². The standard InChI is InChI=1S/C15H21NO3S2/c1-5-11(19-15(2,3)4)10-21(17,18)14-16-12-8-6-7-9-13(12)20-14/h6-9,11H,5,10H2,1-4H3/t11-/m0/s1. The van der Waals surface area contributed by atoms with Crippen LogP contribution in [0.4, 0.5) is 0 Å². The van der Waals surface area contributed by atoms with Crippen molar-refractivity contribution >= 4 is 31.4 Å². The summed E-state index contributed by atoms with van der Waals surface area (Å²) >= 11 is 1.22. The van der Waals surface area contributed by atoms with Crippen LogP contribution in [0.3, 0.4) is 0 Å². The van der Waals surface area contributed by atoms with Gasteiger partial charge in [-0.05, 0) is 39.3 Å². The molecule has 21 heavy (non-hydrogen) atoms. The molecule has 6 heteroatoms. The lowest BCUT2D eigenvalue weighted by Crippen LogP contribution is -2.32. The number of hydrogen-bond donors (Lipinski definition) is 0. The first kappa shape index (κ1) is 16.4. The molecule has 0 amide bonds. The van der Waals surface area contributed by atoms with E-state index in [0.29, 0.717) is 6.42 Å². The molecule has 0 bridgehead atoms. The molecule has 0 radical (unpaired) electrons. The van der Waals surface area contributed by atoms with Crippen LogP contribution >= 0.6 is 11.3 Å². The normalized spacial score (nSPS) is 14.5. The van der Waals surface area contributed by atoms with E-state index >= 15 is 0 Å². The molecule has 0 saturated carbocycles. The van der Waals surface area contributed by atoms with Crippen molar-refractivity contribution < 1.29 is 13.2 Å². The zero-order valence-electron chi connectivity index (χ0n) is 12.8. The summed E-state index contributed by atoms with van der Waals surface area (Å²) in [6, 6.07) is 7.45. The Hall–Kier alpha value is -0.980. The fraction of sp³-hybridized carbons (Fsp3) is 0.533. The van der Waals surface area contributed by atoms with E-state index in [1.807, 2.05) is 52.0 Å². The Balaban J connectivity index is 2.24. The Morgan fingerprint density at radius 3 is 2.52 bits per heavy atom. The molecule has 0 aliphatic carbocycles. The largest absolute Gasteiger partial charge is 0.372 e. The van der Waals surface area contributed by atoms with Gasteiger partial charge >= 0.3 is 0 Å². The van der Waals surface area contributed by atoms with Gasteiger partial charge in [-0.15, -0.1) is 11.3 Å². The highest BCUT2D eigenvalue weighted by Crippen LogP contribution is 2.27. The molecule has 1 heterocycles. The van der Waals surface area contributed by atoms with Gasteiger partial charge in [0, 0.05) is 0 Å². The van der Waals surface area contributed by atoms with Gasteiger partial charge < -0.3 is 4.74 Å². The smallest absolute Gasteiger partial charge is 0.210 e. The second-order valence-electron chi connectivity index (χ2n) is 5.99. The quantitative estimate of drug-likeness (QED) is 0.841. The van der Waals surface area contributed by atoms with Crippen molar-refractivity contribution in [1.82, 2.24) is 4.98 Å². The van der Waals surface area contributed by atoms with Gasteiger partial charge in [-0.1, -0.05) is 19.1 Å². The third kappa shape index (κ3) is 4.25. The molecule has 1 aromatic heterocycles. The number of thiazole rings is 1. The van der Waals surface area contributed by atoms with Crippen molar-refractivity contribution in [2.24, 2.45) is 0 Å². The fourth-order valence-corrected chi connectivity index (χ4v) is 4.89. The van der Waals surface area contributed by atoms with Crippen LogP contribution in [0.5, 0.6) is 0 Å². The first-order valence-corrected chi connectivity index (χ1v) is 9.44. The highest BCUT2D eigenvalue weighted by atomic mass is 32.2. The SMILES string of the molecule is CC[C@@H](CS(=O)(=O)c1nc2ccccc2s1)OC(C)(C)C. The van der Waals surface area contributed by atoms with Crippen molar-refractivity contribution in [3.8, 4) is 0 Å². The fourth-order valence-electron chi connectivity index (χ4n) is 2.04. The van der Waals surface area contributed by atoms with Crippen LogP contribution in [0.25, 0.3) is 10.2 Å². The van der Waals surface area contributed by atoms with Crippen LogP contribution in [0.15, 0.2) is 28.6 Å². The maximum atomic E-state index is 12.5. The summed E-state index contributed by atoms with van der Waals surface area (Å²) in [5.74, 6) is -0.0272. The molecule has 0 aliphatic heterocycles. The van der Waals surface area contributed by atoms with E-state index in [-0.39, 0.29) is 21.8 Å². The monoisotopic (exact) mass is 327 g/mol. The molecule has 0 spiro atoms. The van der Waals surface area contributed by atoms with Gasteiger partial charge in [0.1, 0.15) is 0 Å². The maximum absolute atomic E-state index is 12.5. The van der Waals surface area contributed by atoms with E-state index < -0.39 is 9.84 Å². The van der Waals surface area contributed by atoms with Crippen LogP contribution in [0.1, 0.15) is 34.1 Å². The van der Waals surface area contributed by atoms with Gasteiger partial charge in [-0.25, -0.2) is 13.4 Å². The van der Waals surface area contributed by atoms with Crippen LogP contribution in [-0.4, -0.2) is 30.9 Å². The molecular weight excluding hydrogens is 306 g/mol. The summed E-state index contributed by atoms with van der Waals surface area (Å²) in [6.07, 6.45) is 0.337. The number of rotatable bonds is 5. The zero-order chi connectivity index (χ0) is 15.7.